The molecule has 1 aromatic heterocycles. The highest BCUT2D eigenvalue weighted by Gasteiger charge is 2.22. The number of anilines is 1. The van der Waals surface area contributed by atoms with Gasteiger partial charge in [-0.1, -0.05) is 12.1 Å². The van der Waals surface area contributed by atoms with Gasteiger partial charge in [0.05, 0.1) is 24.9 Å². The van der Waals surface area contributed by atoms with Crippen molar-refractivity contribution in [2.24, 2.45) is 0 Å². The van der Waals surface area contributed by atoms with Crippen LogP contribution in [-0.2, 0) is 9.53 Å². The molecule has 0 radical (unpaired) electrons. The summed E-state index contributed by atoms with van der Waals surface area (Å²) in [6, 6.07) is 8.32. The van der Waals surface area contributed by atoms with Gasteiger partial charge in [0, 0.05) is 36.1 Å². The van der Waals surface area contributed by atoms with E-state index in [1.54, 1.807) is 11.3 Å². The van der Waals surface area contributed by atoms with Crippen molar-refractivity contribution < 1.29 is 9.53 Å². The van der Waals surface area contributed by atoms with Crippen LogP contribution in [0, 0.1) is 0 Å². The Morgan fingerprint density at radius 1 is 1.30 bits per heavy atom. The summed E-state index contributed by atoms with van der Waals surface area (Å²) in [5.74, 6) is 0.220. The molecule has 0 saturated carbocycles. The van der Waals surface area contributed by atoms with E-state index in [0.717, 1.165) is 48.1 Å². The van der Waals surface area contributed by atoms with Crippen LogP contribution in [0.4, 0.5) is 5.69 Å². The van der Waals surface area contributed by atoms with Gasteiger partial charge in [-0.3, -0.25) is 4.79 Å². The monoisotopic (exact) mass is 329 g/mol. The number of nitrogens with zero attached hydrogens (tertiary/aromatic N) is 2. The fraction of sp³-hybridized carbons (Fsp3) is 0.412. The number of amides is 1. The minimum Gasteiger partial charge on any atom is -0.378 e. The maximum absolute atomic E-state index is 11.8. The van der Waals surface area contributed by atoms with Gasteiger partial charge in [0.2, 0.25) is 5.91 Å². The first-order valence-corrected chi connectivity index (χ1v) is 8.86. The number of benzene rings is 1. The summed E-state index contributed by atoms with van der Waals surface area (Å²) in [5, 5.41) is 6.58. The van der Waals surface area contributed by atoms with E-state index in [1.165, 1.54) is 0 Å². The summed E-state index contributed by atoms with van der Waals surface area (Å²) in [4.78, 5) is 18.4. The Morgan fingerprint density at radius 3 is 2.87 bits per heavy atom. The molecule has 1 aromatic carbocycles. The van der Waals surface area contributed by atoms with Gasteiger partial charge in [0.1, 0.15) is 5.01 Å². The lowest BCUT2D eigenvalue weighted by Crippen LogP contribution is -2.34. The molecule has 0 aliphatic carbocycles. The molecule has 1 atom stereocenters. The highest BCUT2D eigenvalue weighted by molar-refractivity contribution is 7.10. The summed E-state index contributed by atoms with van der Waals surface area (Å²) in [6.45, 7) is 3.15. The van der Waals surface area contributed by atoms with Crippen LogP contribution in [0.2, 0.25) is 0 Å². The smallest absolute Gasteiger partial charge is 0.227 e. The molecule has 2 aromatic rings. The van der Waals surface area contributed by atoms with E-state index in [4.69, 9.17) is 9.72 Å². The first-order chi connectivity index (χ1) is 11.3. The van der Waals surface area contributed by atoms with E-state index in [9.17, 15) is 4.79 Å². The van der Waals surface area contributed by atoms with E-state index >= 15 is 0 Å². The quantitative estimate of drug-likeness (QED) is 0.940. The third kappa shape index (κ3) is 3.02. The second-order valence-corrected chi connectivity index (χ2v) is 6.74. The zero-order valence-electron chi connectivity index (χ0n) is 12.8. The molecule has 5 nitrogen and oxygen atoms in total. The largest absolute Gasteiger partial charge is 0.378 e. The predicted octanol–water partition coefficient (Wildman–Crippen LogP) is 2.60. The zero-order valence-corrected chi connectivity index (χ0v) is 13.6. The molecule has 6 heteroatoms. The molecule has 2 aliphatic heterocycles. The van der Waals surface area contributed by atoms with E-state index in [1.807, 2.05) is 29.2 Å². The average molecular weight is 329 g/mol. The number of hydrogen-bond donors (Lipinski definition) is 1. The Kier molecular flexibility index (Phi) is 4.11. The number of nitrogens with one attached hydrogen (secondary N) is 1. The minimum atomic E-state index is 0.198. The summed E-state index contributed by atoms with van der Waals surface area (Å²) < 4.78 is 5.50. The second kappa shape index (κ2) is 6.39. The first-order valence-electron chi connectivity index (χ1n) is 7.98. The third-order valence-corrected chi connectivity index (χ3v) is 5.25. The topological polar surface area (TPSA) is 54.5 Å². The number of aromatic nitrogens is 1. The SMILES string of the molecule is O=C1CCCN1c1ccc(-c2csc(C3COCCN3)n2)cc1. The van der Waals surface area contributed by atoms with Crippen molar-refractivity contribution in [3.63, 3.8) is 0 Å². The van der Waals surface area contributed by atoms with Gasteiger partial charge in [-0.2, -0.15) is 0 Å². The Balaban J connectivity index is 1.52. The van der Waals surface area contributed by atoms with Crippen LogP contribution < -0.4 is 10.2 Å². The number of carbonyl (C=O) groups is 1. The number of morpholine rings is 1. The normalized spacial score (nSPS) is 21.8. The summed E-state index contributed by atoms with van der Waals surface area (Å²) in [5.41, 5.74) is 3.05. The lowest BCUT2D eigenvalue weighted by Gasteiger charge is -2.21. The lowest BCUT2D eigenvalue weighted by molar-refractivity contribution is -0.117. The summed E-state index contributed by atoms with van der Waals surface area (Å²) in [7, 11) is 0. The van der Waals surface area contributed by atoms with Crippen LogP contribution in [0.3, 0.4) is 0 Å². The number of rotatable bonds is 3. The second-order valence-electron chi connectivity index (χ2n) is 5.85. The molecule has 120 valence electrons. The van der Waals surface area contributed by atoms with Crippen LogP contribution in [0.5, 0.6) is 0 Å². The Labute approximate surface area is 139 Å². The highest BCUT2D eigenvalue weighted by Crippen LogP contribution is 2.29. The molecular formula is C17H19N3O2S. The van der Waals surface area contributed by atoms with Crippen molar-refractivity contribution in [1.82, 2.24) is 10.3 Å². The molecule has 23 heavy (non-hydrogen) atoms. The van der Waals surface area contributed by atoms with Gasteiger partial charge in [-0.15, -0.1) is 11.3 Å². The van der Waals surface area contributed by atoms with Gasteiger partial charge in [-0.05, 0) is 18.6 Å². The standard InChI is InChI=1S/C17H19N3O2S/c21-16-2-1-8-20(16)13-5-3-12(4-6-13)15-11-23-17(19-15)14-10-22-9-7-18-14/h3-6,11,14,18H,1-2,7-10H2. The van der Waals surface area contributed by atoms with Crippen LogP contribution >= 0.6 is 11.3 Å². The van der Waals surface area contributed by atoms with Crippen molar-refractivity contribution in [3.05, 3.63) is 34.7 Å². The average Bonchev–Trinajstić information content (AvgIpc) is 3.25. The number of ether oxygens (including phenoxy) is 1. The summed E-state index contributed by atoms with van der Waals surface area (Å²) >= 11 is 1.66. The molecule has 0 spiro atoms. The summed E-state index contributed by atoms with van der Waals surface area (Å²) in [6.07, 6.45) is 1.61. The van der Waals surface area contributed by atoms with Crippen molar-refractivity contribution in [3.8, 4) is 11.3 Å². The zero-order chi connectivity index (χ0) is 15.6. The fourth-order valence-corrected chi connectivity index (χ4v) is 3.93. The Bertz CT molecular complexity index is 692. The molecule has 2 saturated heterocycles. The maximum Gasteiger partial charge on any atom is 0.227 e. The van der Waals surface area contributed by atoms with Gasteiger partial charge < -0.3 is 15.0 Å². The van der Waals surface area contributed by atoms with E-state index in [2.05, 4.69) is 10.7 Å². The molecule has 1 N–H and O–H groups in total. The van der Waals surface area contributed by atoms with E-state index in [-0.39, 0.29) is 11.9 Å². The van der Waals surface area contributed by atoms with Gasteiger partial charge >= 0.3 is 0 Å². The van der Waals surface area contributed by atoms with Crippen LogP contribution in [0.1, 0.15) is 23.9 Å². The van der Waals surface area contributed by atoms with Crippen molar-refractivity contribution in [2.45, 2.75) is 18.9 Å². The van der Waals surface area contributed by atoms with Crippen molar-refractivity contribution >= 4 is 22.9 Å². The molecule has 2 fully saturated rings. The molecule has 3 heterocycles. The predicted molar refractivity (Wildman–Crippen MR) is 90.7 cm³/mol. The lowest BCUT2D eigenvalue weighted by atomic mass is 10.1. The van der Waals surface area contributed by atoms with Gasteiger partial charge in [-0.25, -0.2) is 4.98 Å². The molecule has 1 unspecified atom stereocenters. The van der Waals surface area contributed by atoms with Crippen LogP contribution in [0.25, 0.3) is 11.3 Å². The van der Waals surface area contributed by atoms with Crippen molar-refractivity contribution in [1.29, 1.82) is 0 Å². The first kappa shape index (κ1) is 14.8. The van der Waals surface area contributed by atoms with Gasteiger partial charge in [0.15, 0.2) is 0 Å². The number of hydrogen-bond acceptors (Lipinski definition) is 5. The fourth-order valence-electron chi connectivity index (χ4n) is 3.04. The molecule has 4 rings (SSSR count). The Hall–Kier alpha value is -1.76. The van der Waals surface area contributed by atoms with E-state index in [0.29, 0.717) is 13.0 Å². The van der Waals surface area contributed by atoms with Crippen LogP contribution in [0.15, 0.2) is 29.6 Å². The number of thiazole rings is 1. The maximum atomic E-state index is 11.8. The van der Waals surface area contributed by atoms with Crippen LogP contribution in [-0.4, -0.2) is 37.2 Å². The molecule has 1 amide bonds. The number of carbonyl (C=O) groups excluding carboxylic acids is 1. The molecular weight excluding hydrogens is 310 g/mol. The third-order valence-electron chi connectivity index (χ3n) is 4.29. The molecule has 0 bridgehead atoms. The minimum absolute atomic E-state index is 0.198. The molecule has 2 aliphatic rings. The van der Waals surface area contributed by atoms with Crippen molar-refractivity contribution in [2.75, 3.05) is 31.2 Å². The van der Waals surface area contributed by atoms with E-state index < -0.39 is 0 Å². The highest BCUT2D eigenvalue weighted by atomic mass is 32.1. The van der Waals surface area contributed by atoms with Gasteiger partial charge in [0.25, 0.3) is 0 Å². The Morgan fingerprint density at radius 2 is 2.17 bits per heavy atom.